The van der Waals surface area contributed by atoms with Crippen LogP contribution in [0.25, 0.3) is 0 Å². The lowest BCUT2D eigenvalue weighted by Gasteiger charge is -2.43. The zero-order chi connectivity index (χ0) is 14.7. The van der Waals surface area contributed by atoms with Crippen LogP contribution in [0.2, 0.25) is 0 Å². The Bertz CT molecular complexity index is 388. The van der Waals surface area contributed by atoms with Crippen LogP contribution in [0, 0.1) is 0 Å². The van der Waals surface area contributed by atoms with Gasteiger partial charge in [0.15, 0.2) is 0 Å². The molecule has 0 unspecified atom stereocenters. The summed E-state index contributed by atoms with van der Waals surface area (Å²) in [7, 11) is -0.923. The molecule has 0 bridgehead atoms. The lowest BCUT2D eigenvalue weighted by atomic mass is 9.99. The molecule has 0 radical (unpaired) electrons. The summed E-state index contributed by atoms with van der Waals surface area (Å²) in [6.45, 7) is 5.20. The maximum Gasteiger partial charge on any atom is 0.0750 e. The minimum atomic E-state index is -0.923. The number of hydrogen-bond acceptors (Lipinski definition) is 0. The van der Waals surface area contributed by atoms with Crippen LogP contribution in [0.3, 0.4) is 0 Å². The molecule has 2 saturated carbocycles. The third-order valence-electron chi connectivity index (χ3n) is 6.62. The minimum Gasteiger partial charge on any atom is -0.0837 e. The van der Waals surface area contributed by atoms with Crippen molar-refractivity contribution in [1.82, 2.24) is 0 Å². The first kappa shape index (κ1) is 15.8. The molecule has 0 nitrogen and oxygen atoms in total. The lowest BCUT2D eigenvalue weighted by Crippen LogP contribution is -2.29. The van der Waals surface area contributed by atoms with E-state index in [4.69, 9.17) is 0 Å². The predicted molar refractivity (Wildman–Crippen MR) is 97.7 cm³/mol. The van der Waals surface area contributed by atoms with Crippen molar-refractivity contribution in [1.29, 1.82) is 0 Å². The minimum absolute atomic E-state index is 0.923. The molecule has 0 N–H and O–H groups in total. The summed E-state index contributed by atoms with van der Waals surface area (Å²) in [5.41, 5.74) is 3.81. The smallest absolute Gasteiger partial charge is 0.0750 e. The summed E-state index contributed by atoms with van der Waals surface area (Å²) < 4.78 is 0. The number of allylic oxidation sites excluding steroid dienone is 4. The maximum atomic E-state index is 2.79. The van der Waals surface area contributed by atoms with Crippen molar-refractivity contribution in [3.8, 4) is 0 Å². The Kier molecular flexibility index (Phi) is 5.26. The second-order valence-corrected chi connectivity index (χ2v) is 12.1. The zero-order valence-electron chi connectivity index (χ0n) is 14.2. The predicted octanol–water partition coefficient (Wildman–Crippen LogP) is 6.92. The van der Waals surface area contributed by atoms with Gasteiger partial charge in [0.2, 0.25) is 0 Å². The molecule has 118 valence electrons. The molecule has 2 fully saturated rings. The fourth-order valence-corrected chi connectivity index (χ4v) is 11.2. The average molecular weight is 305 g/mol. The molecular formula is C20H34P+. The molecule has 3 aliphatic carbocycles. The Morgan fingerprint density at radius 3 is 1.86 bits per heavy atom. The first-order chi connectivity index (χ1) is 10.2. The fraction of sp³-hybridized carbons (Fsp3) is 0.800. The highest BCUT2D eigenvalue weighted by molar-refractivity contribution is 7.80. The van der Waals surface area contributed by atoms with Crippen LogP contribution in [0.15, 0.2) is 23.0 Å². The molecule has 0 atom stereocenters. The average Bonchev–Trinajstić information content (AvgIpc) is 2.56. The zero-order valence-corrected chi connectivity index (χ0v) is 15.1. The van der Waals surface area contributed by atoms with Gasteiger partial charge in [0.05, 0.1) is 23.3 Å². The Labute approximate surface area is 132 Å². The van der Waals surface area contributed by atoms with Gasteiger partial charge in [-0.25, -0.2) is 0 Å². The van der Waals surface area contributed by atoms with Crippen LogP contribution >= 0.6 is 7.26 Å². The highest BCUT2D eigenvalue weighted by Gasteiger charge is 2.51. The van der Waals surface area contributed by atoms with Crippen LogP contribution in [0.5, 0.6) is 0 Å². The molecule has 0 spiro atoms. The Morgan fingerprint density at radius 1 is 0.857 bits per heavy atom. The van der Waals surface area contributed by atoms with Gasteiger partial charge in [-0.15, -0.1) is 0 Å². The molecule has 3 rings (SSSR count). The van der Waals surface area contributed by atoms with Crippen molar-refractivity contribution < 1.29 is 0 Å². The fourth-order valence-electron chi connectivity index (χ4n) is 5.37. The van der Waals surface area contributed by atoms with Crippen molar-refractivity contribution >= 4 is 7.26 Å². The van der Waals surface area contributed by atoms with E-state index in [1.165, 1.54) is 51.4 Å². The van der Waals surface area contributed by atoms with E-state index in [0.717, 1.165) is 11.3 Å². The van der Waals surface area contributed by atoms with Gasteiger partial charge in [-0.3, -0.25) is 0 Å². The normalized spacial score (nSPS) is 26.4. The lowest BCUT2D eigenvalue weighted by molar-refractivity contribution is 0.480. The highest BCUT2D eigenvalue weighted by Crippen LogP contribution is 2.76. The van der Waals surface area contributed by atoms with Gasteiger partial charge < -0.3 is 0 Å². The van der Waals surface area contributed by atoms with E-state index in [1.807, 2.05) is 5.31 Å². The standard InChI is InChI=1S/C20H34P/c1-17-11-9-10-16-20(17)21(2,18-12-5-3-6-13-18)19-14-7-4-8-15-19/h9,11,18-19H,3-8,10,12-16H2,1-2H3/q+1. The highest BCUT2D eigenvalue weighted by atomic mass is 31.2. The number of rotatable bonds is 3. The first-order valence-corrected chi connectivity index (χ1v) is 11.8. The Morgan fingerprint density at radius 2 is 1.38 bits per heavy atom. The van der Waals surface area contributed by atoms with E-state index in [1.54, 1.807) is 31.3 Å². The van der Waals surface area contributed by atoms with Gasteiger partial charge >= 0.3 is 0 Å². The summed E-state index contributed by atoms with van der Waals surface area (Å²) in [6.07, 6.45) is 22.8. The van der Waals surface area contributed by atoms with E-state index >= 15 is 0 Å². The quantitative estimate of drug-likeness (QED) is 0.496. The summed E-state index contributed by atoms with van der Waals surface area (Å²) in [4.78, 5) is 0. The third-order valence-corrected chi connectivity index (χ3v) is 12.4. The summed E-state index contributed by atoms with van der Waals surface area (Å²) in [5, 5.41) is 1.96. The van der Waals surface area contributed by atoms with E-state index in [0.29, 0.717) is 0 Å². The third kappa shape index (κ3) is 3.17. The molecule has 0 aromatic rings. The molecule has 0 aliphatic heterocycles. The van der Waals surface area contributed by atoms with Crippen molar-refractivity contribution in [2.24, 2.45) is 0 Å². The van der Waals surface area contributed by atoms with Gasteiger partial charge in [-0.2, -0.15) is 0 Å². The van der Waals surface area contributed by atoms with Crippen LogP contribution in [-0.4, -0.2) is 18.0 Å². The van der Waals surface area contributed by atoms with Crippen molar-refractivity contribution in [3.05, 3.63) is 23.0 Å². The molecule has 1 heteroatoms. The largest absolute Gasteiger partial charge is 0.0837 e. The van der Waals surface area contributed by atoms with Gasteiger partial charge in [0.1, 0.15) is 0 Å². The SMILES string of the molecule is CC1=C([P+](C)(C2CCCCC2)C2CCCCC2)CCC=C1. The van der Waals surface area contributed by atoms with Crippen LogP contribution in [-0.2, 0) is 0 Å². The molecule has 3 aliphatic rings. The maximum absolute atomic E-state index is 2.79. The van der Waals surface area contributed by atoms with Crippen molar-refractivity contribution in [3.63, 3.8) is 0 Å². The second-order valence-electron chi connectivity index (χ2n) is 7.80. The van der Waals surface area contributed by atoms with Gasteiger partial charge in [0, 0.05) is 13.7 Å². The molecule has 0 aromatic carbocycles. The van der Waals surface area contributed by atoms with Gasteiger partial charge in [-0.1, -0.05) is 25.0 Å². The topological polar surface area (TPSA) is 0 Å². The van der Waals surface area contributed by atoms with E-state index < -0.39 is 7.26 Å². The molecule has 0 aromatic heterocycles. The Balaban J connectivity index is 1.94. The number of hydrogen-bond donors (Lipinski definition) is 0. The van der Waals surface area contributed by atoms with Crippen LogP contribution < -0.4 is 0 Å². The summed E-state index contributed by atoms with van der Waals surface area (Å²) in [6, 6.07) is 0. The molecule has 21 heavy (non-hydrogen) atoms. The summed E-state index contributed by atoms with van der Waals surface area (Å²) in [5.74, 6) is 0. The van der Waals surface area contributed by atoms with E-state index in [9.17, 15) is 0 Å². The Hall–Kier alpha value is -0.0900. The van der Waals surface area contributed by atoms with E-state index in [2.05, 4.69) is 25.7 Å². The second kappa shape index (κ2) is 6.99. The van der Waals surface area contributed by atoms with Gasteiger partial charge in [-0.05, 0) is 70.3 Å². The van der Waals surface area contributed by atoms with Crippen LogP contribution in [0.1, 0.15) is 84.0 Å². The van der Waals surface area contributed by atoms with Crippen molar-refractivity contribution in [2.45, 2.75) is 95.3 Å². The van der Waals surface area contributed by atoms with Crippen molar-refractivity contribution in [2.75, 3.05) is 6.66 Å². The summed E-state index contributed by atoms with van der Waals surface area (Å²) >= 11 is 0. The monoisotopic (exact) mass is 305 g/mol. The van der Waals surface area contributed by atoms with E-state index in [-0.39, 0.29) is 0 Å². The molecule has 0 saturated heterocycles. The van der Waals surface area contributed by atoms with Crippen LogP contribution in [0.4, 0.5) is 0 Å². The molecule has 0 heterocycles. The molecular weight excluding hydrogens is 271 g/mol. The first-order valence-electron chi connectivity index (χ1n) is 9.45. The van der Waals surface area contributed by atoms with Gasteiger partial charge in [0.25, 0.3) is 0 Å². The molecule has 0 amide bonds.